The second kappa shape index (κ2) is 6.53. The minimum Gasteiger partial charge on any atom is -0.507 e. The van der Waals surface area contributed by atoms with E-state index in [9.17, 15) is 19.8 Å². The number of ether oxygens (including phenoxy) is 1. The summed E-state index contributed by atoms with van der Waals surface area (Å²) in [6, 6.07) is 15.2. The molecule has 28 heavy (non-hydrogen) atoms. The van der Waals surface area contributed by atoms with Gasteiger partial charge in [0.05, 0.1) is 24.2 Å². The molecule has 3 aromatic carbocycles. The SMILES string of the molecule is COc1ccc(-c2ccc3c(c2O)C(=O)c2c(O)cccc2C3C(C)=O)cc1. The Hall–Kier alpha value is -3.60. The Kier molecular flexibility index (Phi) is 4.15. The Morgan fingerprint density at radius 3 is 2.25 bits per heavy atom. The molecule has 0 amide bonds. The fourth-order valence-corrected chi connectivity index (χ4v) is 3.87. The van der Waals surface area contributed by atoms with E-state index in [1.807, 2.05) is 0 Å². The van der Waals surface area contributed by atoms with Gasteiger partial charge in [-0.15, -0.1) is 0 Å². The molecule has 0 radical (unpaired) electrons. The molecular formula is C23H18O5. The standard InChI is InChI=1S/C23H18O5/c1-12(24)19-16-4-3-5-18(25)20(16)23(27)21-17(19)11-10-15(22(21)26)13-6-8-14(28-2)9-7-13/h3-11,19,25-26H,1-2H3. The van der Waals surface area contributed by atoms with Gasteiger partial charge in [0, 0.05) is 5.56 Å². The van der Waals surface area contributed by atoms with Crippen molar-refractivity contribution in [3.05, 3.63) is 76.9 Å². The molecule has 1 unspecified atom stereocenters. The largest absolute Gasteiger partial charge is 0.507 e. The van der Waals surface area contributed by atoms with E-state index < -0.39 is 11.7 Å². The van der Waals surface area contributed by atoms with E-state index in [4.69, 9.17) is 4.74 Å². The van der Waals surface area contributed by atoms with Crippen molar-refractivity contribution in [1.82, 2.24) is 0 Å². The third-order valence-corrected chi connectivity index (χ3v) is 5.17. The lowest BCUT2D eigenvalue weighted by Crippen LogP contribution is -2.24. The number of Topliss-reactive ketones (excluding diaryl/α,β-unsaturated/α-hetero) is 1. The summed E-state index contributed by atoms with van der Waals surface area (Å²) in [4.78, 5) is 25.5. The molecule has 0 bridgehead atoms. The molecule has 0 fully saturated rings. The quantitative estimate of drug-likeness (QED) is 0.723. The maximum atomic E-state index is 13.2. The predicted molar refractivity (Wildman–Crippen MR) is 104 cm³/mol. The number of fused-ring (bicyclic) bond motifs is 2. The van der Waals surface area contributed by atoms with Crippen LogP contribution in [-0.4, -0.2) is 28.9 Å². The summed E-state index contributed by atoms with van der Waals surface area (Å²) >= 11 is 0. The van der Waals surface area contributed by atoms with Crippen molar-refractivity contribution >= 4 is 11.6 Å². The zero-order valence-corrected chi connectivity index (χ0v) is 15.4. The molecule has 0 saturated heterocycles. The summed E-state index contributed by atoms with van der Waals surface area (Å²) in [5.74, 6) is -1.11. The van der Waals surface area contributed by atoms with Crippen molar-refractivity contribution in [2.75, 3.05) is 7.11 Å². The van der Waals surface area contributed by atoms with E-state index >= 15 is 0 Å². The number of methoxy groups -OCH3 is 1. The highest BCUT2D eigenvalue weighted by Crippen LogP contribution is 2.46. The van der Waals surface area contributed by atoms with E-state index in [0.29, 0.717) is 28.0 Å². The summed E-state index contributed by atoms with van der Waals surface area (Å²) < 4.78 is 5.15. The predicted octanol–water partition coefficient (Wildman–Crippen LogP) is 4.04. The summed E-state index contributed by atoms with van der Waals surface area (Å²) in [5.41, 5.74) is 2.21. The Balaban J connectivity index is 1.95. The zero-order valence-electron chi connectivity index (χ0n) is 15.4. The van der Waals surface area contributed by atoms with Crippen molar-refractivity contribution in [2.24, 2.45) is 0 Å². The van der Waals surface area contributed by atoms with E-state index in [-0.39, 0.29) is 28.4 Å². The minimum absolute atomic E-state index is 0.0579. The number of phenolic OH excluding ortho intramolecular Hbond substituents is 2. The third kappa shape index (κ3) is 2.55. The van der Waals surface area contributed by atoms with Crippen molar-refractivity contribution in [1.29, 1.82) is 0 Å². The van der Waals surface area contributed by atoms with Crippen LogP contribution in [0.4, 0.5) is 0 Å². The molecule has 5 nitrogen and oxygen atoms in total. The Labute approximate surface area is 161 Å². The van der Waals surface area contributed by atoms with E-state index in [1.165, 1.54) is 13.0 Å². The van der Waals surface area contributed by atoms with Crippen LogP contribution in [0.3, 0.4) is 0 Å². The molecule has 4 rings (SSSR count). The van der Waals surface area contributed by atoms with Crippen molar-refractivity contribution < 1.29 is 24.5 Å². The van der Waals surface area contributed by atoms with Gasteiger partial charge < -0.3 is 14.9 Å². The van der Waals surface area contributed by atoms with Gasteiger partial charge in [-0.25, -0.2) is 0 Å². The number of hydrogen-bond donors (Lipinski definition) is 2. The van der Waals surface area contributed by atoms with Crippen LogP contribution in [-0.2, 0) is 4.79 Å². The maximum Gasteiger partial charge on any atom is 0.201 e. The van der Waals surface area contributed by atoms with Crippen LogP contribution in [0.5, 0.6) is 17.2 Å². The number of rotatable bonds is 3. The lowest BCUT2D eigenvalue weighted by molar-refractivity contribution is -0.117. The van der Waals surface area contributed by atoms with Gasteiger partial charge in [-0.05, 0) is 41.8 Å². The summed E-state index contributed by atoms with van der Waals surface area (Å²) in [6.07, 6.45) is 0. The fourth-order valence-electron chi connectivity index (χ4n) is 3.87. The molecule has 0 saturated carbocycles. The molecule has 0 aliphatic heterocycles. The second-order valence-electron chi connectivity index (χ2n) is 6.77. The maximum absolute atomic E-state index is 13.2. The number of benzene rings is 3. The molecule has 3 aromatic rings. The van der Waals surface area contributed by atoms with Gasteiger partial charge in [0.2, 0.25) is 5.78 Å². The van der Waals surface area contributed by atoms with Crippen LogP contribution in [0.1, 0.15) is 39.9 Å². The molecule has 2 N–H and O–H groups in total. The molecule has 0 aromatic heterocycles. The average molecular weight is 374 g/mol. The molecule has 1 aliphatic carbocycles. The van der Waals surface area contributed by atoms with E-state index in [0.717, 1.165) is 0 Å². The van der Waals surface area contributed by atoms with Crippen LogP contribution in [0, 0.1) is 0 Å². The first-order chi connectivity index (χ1) is 13.4. The molecule has 1 aliphatic rings. The van der Waals surface area contributed by atoms with Crippen LogP contribution in [0.15, 0.2) is 54.6 Å². The average Bonchev–Trinajstić information content (AvgIpc) is 2.68. The summed E-state index contributed by atoms with van der Waals surface area (Å²) in [5, 5.41) is 21.2. The lowest BCUT2D eigenvalue weighted by atomic mass is 9.74. The number of ketones is 2. The highest BCUT2D eigenvalue weighted by Gasteiger charge is 2.37. The topological polar surface area (TPSA) is 83.8 Å². The number of aromatic hydroxyl groups is 2. The number of phenols is 2. The van der Waals surface area contributed by atoms with Crippen LogP contribution < -0.4 is 4.74 Å². The van der Waals surface area contributed by atoms with E-state index in [1.54, 1.807) is 55.6 Å². The monoisotopic (exact) mass is 374 g/mol. The molecule has 0 spiro atoms. The highest BCUT2D eigenvalue weighted by atomic mass is 16.5. The van der Waals surface area contributed by atoms with Gasteiger partial charge in [-0.2, -0.15) is 0 Å². The van der Waals surface area contributed by atoms with Crippen molar-refractivity contribution in [2.45, 2.75) is 12.8 Å². The zero-order chi connectivity index (χ0) is 20.0. The van der Waals surface area contributed by atoms with Gasteiger partial charge >= 0.3 is 0 Å². The van der Waals surface area contributed by atoms with Crippen LogP contribution >= 0.6 is 0 Å². The summed E-state index contributed by atoms with van der Waals surface area (Å²) in [6.45, 7) is 1.44. The Bertz CT molecular complexity index is 1110. The molecule has 0 heterocycles. The first-order valence-electron chi connectivity index (χ1n) is 8.81. The number of carbonyl (C=O) groups is 2. The Morgan fingerprint density at radius 1 is 0.929 bits per heavy atom. The molecule has 140 valence electrons. The molecule has 1 atom stereocenters. The molecular weight excluding hydrogens is 356 g/mol. The van der Waals surface area contributed by atoms with Crippen LogP contribution in [0.25, 0.3) is 11.1 Å². The van der Waals surface area contributed by atoms with Gasteiger partial charge in [-0.1, -0.05) is 36.4 Å². The van der Waals surface area contributed by atoms with Crippen molar-refractivity contribution in [3.63, 3.8) is 0 Å². The molecule has 5 heteroatoms. The minimum atomic E-state index is -0.717. The third-order valence-electron chi connectivity index (χ3n) is 5.17. The van der Waals surface area contributed by atoms with Gasteiger partial charge in [0.1, 0.15) is 23.0 Å². The van der Waals surface area contributed by atoms with Gasteiger partial charge in [0.15, 0.2) is 0 Å². The fraction of sp³-hybridized carbons (Fsp3) is 0.130. The Morgan fingerprint density at radius 2 is 1.61 bits per heavy atom. The smallest absolute Gasteiger partial charge is 0.201 e. The lowest BCUT2D eigenvalue weighted by Gasteiger charge is -2.27. The number of hydrogen-bond acceptors (Lipinski definition) is 5. The van der Waals surface area contributed by atoms with Gasteiger partial charge in [-0.3, -0.25) is 9.59 Å². The van der Waals surface area contributed by atoms with Crippen LogP contribution in [0.2, 0.25) is 0 Å². The normalized spacial score (nSPS) is 14.9. The summed E-state index contributed by atoms with van der Waals surface area (Å²) in [7, 11) is 1.57. The van der Waals surface area contributed by atoms with E-state index in [2.05, 4.69) is 0 Å². The first kappa shape index (κ1) is 17.8. The second-order valence-corrected chi connectivity index (χ2v) is 6.77. The highest BCUT2D eigenvalue weighted by molar-refractivity contribution is 6.18. The number of carbonyl (C=O) groups excluding carboxylic acids is 2. The van der Waals surface area contributed by atoms with Crippen molar-refractivity contribution in [3.8, 4) is 28.4 Å². The first-order valence-corrected chi connectivity index (χ1v) is 8.81. The van der Waals surface area contributed by atoms with Gasteiger partial charge in [0.25, 0.3) is 0 Å².